The fourth-order valence-electron chi connectivity index (χ4n) is 4.25. The monoisotopic (exact) mass is 599 g/mol. The van der Waals surface area contributed by atoms with Crippen LogP contribution in [0, 0.1) is 11.8 Å². The molecule has 2 fully saturated rings. The van der Waals surface area contributed by atoms with Crippen LogP contribution < -0.4 is 15.1 Å². The van der Waals surface area contributed by atoms with Crippen LogP contribution in [0.3, 0.4) is 0 Å². The predicted octanol–water partition coefficient (Wildman–Crippen LogP) is 1.19. The van der Waals surface area contributed by atoms with Gasteiger partial charge in [0, 0.05) is 0 Å². The van der Waals surface area contributed by atoms with Gasteiger partial charge in [-0.2, -0.15) is 0 Å². The van der Waals surface area contributed by atoms with E-state index in [1.54, 1.807) is 29.1 Å². The third-order valence-corrected chi connectivity index (χ3v) is 8.07. The molecular formula is C24H25F4N7O2Se. The van der Waals surface area contributed by atoms with E-state index >= 15 is 0 Å². The number of aromatic nitrogens is 4. The average Bonchev–Trinajstić information content (AvgIpc) is 3.42. The molecule has 3 aromatic rings. The number of rotatable bonds is 6. The van der Waals surface area contributed by atoms with E-state index < -0.39 is 38.2 Å². The number of alkyl halides is 4. The van der Waals surface area contributed by atoms with Gasteiger partial charge in [-0.3, -0.25) is 0 Å². The van der Waals surface area contributed by atoms with Crippen LogP contribution in [-0.2, 0) is 4.74 Å². The van der Waals surface area contributed by atoms with E-state index in [2.05, 4.69) is 32.7 Å². The summed E-state index contributed by atoms with van der Waals surface area (Å²) in [6.45, 7) is 1.96. The van der Waals surface area contributed by atoms with Gasteiger partial charge in [0.05, 0.1) is 0 Å². The molecule has 2 atom stereocenters. The van der Waals surface area contributed by atoms with Crippen LogP contribution in [0.25, 0.3) is 5.52 Å². The summed E-state index contributed by atoms with van der Waals surface area (Å²) in [4.78, 5) is 14.3. The second-order valence-corrected chi connectivity index (χ2v) is 11.4. The summed E-state index contributed by atoms with van der Waals surface area (Å²) in [5.41, 5.74) is 0.587. The van der Waals surface area contributed by atoms with E-state index in [0.29, 0.717) is 37.6 Å². The summed E-state index contributed by atoms with van der Waals surface area (Å²) in [6.07, 6.45) is 2.47. The number of pyridine rings is 1. The van der Waals surface area contributed by atoms with E-state index in [0.717, 1.165) is 0 Å². The Morgan fingerprint density at radius 1 is 1.32 bits per heavy atom. The zero-order valence-electron chi connectivity index (χ0n) is 20.3. The third-order valence-electron chi connectivity index (χ3n) is 6.31. The number of carbonyl (C=O) groups is 1. The summed E-state index contributed by atoms with van der Waals surface area (Å²) < 4.78 is 63.1. The van der Waals surface area contributed by atoms with Crippen molar-refractivity contribution >= 4 is 36.7 Å². The minimum absolute atomic E-state index is 0.0170. The van der Waals surface area contributed by atoms with Gasteiger partial charge in [0.25, 0.3) is 0 Å². The fourth-order valence-corrected chi connectivity index (χ4v) is 5.67. The van der Waals surface area contributed by atoms with Crippen molar-refractivity contribution in [3.63, 3.8) is 0 Å². The van der Waals surface area contributed by atoms with Crippen LogP contribution in [0.4, 0.5) is 23.4 Å². The predicted molar refractivity (Wildman–Crippen MR) is 132 cm³/mol. The van der Waals surface area contributed by atoms with E-state index in [4.69, 9.17) is 4.74 Å². The van der Waals surface area contributed by atoms with Crippen LogP contribution in [0.5, 0.6) is 0 Å². The molecule has 2 N–H and O–H groups in total. The molecule has 0 spiro atoms. The number of hydrogen-bond acceptors (Lipinski definition) is 6. The normalized spacial score (nSPS) is 20.6. The summed E-state index contributed by atoms with van der Waals surface area (Å²) in [5.74, 6) is 5.40. The van der Waals surface area contributed by atoms with Gasteiger partial charge >= 0.3 is 217 Å². The Balaban J connectivity index is 1.34. The molecule has 2 saturated heterocycles. The Kier molecular flexibility index (Phi) is 7.63. The molecule has 0 aliphatic carbocycles. The van der Waals surface area contributed by atoms with Gasteiger partial charge in [0.1, 0.15) is 0 Å². The molecule has 2 aliphatic heterocycles. The van der Waals surface area contributed by atoms with Gasteiger partial charge in [-0.1, -0.05) is 0 Å². The van der Waals surface area contributed by atoms with Crippen molar-refractivity contribution < 1.29 is 27.1 Å². The zero-order valence-corrected chi connectivity index (χ0v) is 22.0. The number of carbonyl (C=O) groups excluding carboxylic acids is 1. The molecule has 1 amide bonds. The Labute approximate surface area is 222 Å². The second kappa shape index (κ2) is 10.9. The average molecular weight is 598 g/mol. The summed E-state index contributed by atoms with van der Waals surface area (Å²) in [6, 6.07) is 4.44. The quantitative estimate of drug-likeness (QED) is 0.252. The van der Waals surface area contributed by atoms with E-state index in [1.807, 2.05) is 11.9 Å². The van der Waals surface area contributed by atoms with Crippen molar-refractivity contribution in [3.8, 4) is 11.8 Å². The molecule has 0 bridgehead atoms. The molecule has 3 aromatic heterocycles. The molecule has 0 aromatic carbocycles. The molecule has 2 unspecified atom stereocenters. The van der Waals surface area contributed by atoms with Crippen LogP contribution in [0.1, 0.15) is 28.5 Å². The van der Waals surface area contributed by atoms with E-state index in [9.17, 15) is 22.4 Å². The molecule has 9 nitrogen and oxygen atoms in total. The maximum absolute atomic E-state index is 14.6. The molecule has 14 heteroatoms. The van der Waals surface area contributed by atoms with Crippen molar-refractivity contribution in [2.75, 3.05) is 45.2 Å². The first kappa shape index (κ1) is 26.5. The van der Waals surface area contributed by atoms with Crippen LogP contribution in [0.15, 0.2) is 30.6 Å². The molecule has 0 radical (unpaired) electrons. The molecule has 202 valence electrons. The fraction of sp³-hybridized carbons (Fsp3) is 0.458. The zero-order chi connectivity index (χ0) is 26.9. The summed E-state index contributed by atoms with van der Waals surface area (Å²) in [7, 11) is 1.84. The summed E-state index contributed by atoms with van der Waals surface area (Å²) >= 11 is -1.91. The van der Waals surface area contributed by atoms with Crippen LogP contribution >= 0.6 is 0 Å². The number of likely N-dealkylation sites (tertiary alicyclic amines) is 1. The number of amides is 1. The van der Waals surface area contributed by atoms with Crippen LogP contribution in [0.2, 0.25) is 0 Å². The first-order chi connectivity index (χ1) is 18.2. The Bertz CT molecular complexity index is 1380. The first-order valence-electron chi connectivity index (χ1n) is 11.9. The van der Waals surface area contributed by atoms with Crippen molar-refractivity contribution in [3.05, 3.63) is 41.9 Å². The number of fused-ring (bicyclic) bond motifs is 1. The van der Waals surface area contributed by atoms with Crippen molar-refractivity contribution in [2.45, 2.75) is 29.8 Å². The SMILES string of the molecule is CN1CCC(Nc2cccc3c([Se]C(F)(F)F)c(C#CCNC(=O)c4cnn(C5COC5)c4)nn23)C(F)C1. The first-order valence-corrected chi connectivity index (χ1v) is 13.6. The Morgan fingerprint density at radius 2 is 2.13 bits per heavy atom. The number of anilines is 1. The van der Waals surface area contributed by atoms with E-state index in [-0.39, 0.29) is 34.8 Å². The van der Waals surface area contributed by atoms with Gasteiger partial charge in [-0.05, 0) is 0 Å². The van der Waals surface area contributed by atoms with Gasteiger partial charge < -0.3 is 4.74 Å². The Morgan fingerprint density at radius 3 is 2.84 bits per heavy atom. The topological polar surface area (TPSA) is 88.7 Å². The molecule has 5 rings (SSSR count). The molecule has 2 aliphatic rings. The van der Waals surface area contributed by atoms with E-state index in [1.165, 1.54) is 10.7 Å². The van der Waals surface area contributed by atoms with Crippen molar-refractivity contribution in [2.24, 2.45) is 0 Å². The summed E-state index contributed by atoms with van der Waals surface area (Å²) in [5, 5.41) is 9.82. The number of nitrogens with one attached hydrogen (secondary N) is 2. The molecule has 0 saturated carbocycles. The number of halogens is 4. The van der Waals surface area contributed by atoms with Crippen molar-refractivity contribution in [1.82, 2.24) is 29.6 Å². The minimum atomic E-state index is -4.42. The third kappa shape index (κ3) is 5.96. The molecular weight excluding hydrogens is 573 g/mol. The Hall–Kier alpha value is -3.11. The number of hydrogen-bond donors (Lipinski definition) is 2. The van der Waals surface area contributed by atoms with Gasteiger partial charge in [-0.15, -0.1) is 0 Å². The van der Waals surface area contributed by atoms with Gasteiger partial charge in [0.2, 0.25) is 0 Å². The maximum atomic E-state index is 14.6. The standard InChI is InChI=1S/C24H25F4N7O2Se/c1-33-9-7-18(17(25)12-33)31-21-6-2-5-20-22(38-24(26,27)28)19(32-35(20)21)4-3-8-29-23(36)15-10-30-34(11-15)16-13-37-14-16/h2,5-6,10-11,16-18,31H,7-9,12-14H2,1H3,(H,29,36). The van der Waals surface area contributed by atoms with Gasteiger partial charge in [-0.25, -0.2) is 0 Å². The molecule has 5 heterocycles. The van der Waals surface area contributed by atoms with Gasteiger partial charge in [0.15, 0.2) is 0 Å². The number of ether oxygens (including phenoxy) is 1. The van der Waals surface area contributed by atoms with Crippen molar-refractivity contribution in [1.29, 1.82) is 0 Å². The second-order valence-electron chi connectivity index (χ2n) is 9.14. The number of piperidine rings is 1. The molecule has 38 heavy (non-hydrogen) atoms. The van der Waals surface area contributed by atoms with Crippen LogP contribution in [-0.4, -0.2) is 102 Å². The number of nitrogens with zero attached hydrogens (tertiary/aromatic N) is 5.